The lowest BCUT2D eigenvalue weighted by atomic mass is 9.75. The minimum Gasteiger partial charge on any atom is -0.396 e. The molecule has 0 aliphatic carbocycles. The van der Waals surface area contributed by atoms with Gasteiger partial charge in [0.2, 0.25) is 0 Å². The number of halogens is 1. The smallest absolute Gasteiger partial charge is 0.126 e. The maximum absolute atomic E-state index is 14.2. The Morgan fingerprint density at radius 2 is 1.83 bits per heavy atom. The van der Waals surface area contributed by atoms with E-state index in [-0.39, 0.29) is 17.8 Å². The van der Waals surface area contributed by atoms with Crippen molar-refractivity contribution in [3.8, 4) is 11.3 Å². The summed E-state index contributed by atoms with van der Waals surface area (Å²) in [6.45, 7) is 2.57. The molecule has 0 radical (unpaired) electrons. The first kappa shape index (κ1) is 19.8. The highest BCUT2D eigenvalue weighted by Crippen LogP contribution is 2.35. The van der Waals surface area contributed by atoms with Crippen molar-refractivity contribution in [3.63, 3.8) is 0 Å². The van der Waals surface area contributed by atoms with E-state index in [9.17, 15) is 9.50 Å². The first-order chi connectivity index (χ1) is 14.1. The molecule has 4 rings (SSSR count). The van der Waals surface area contributed by atoms with Gasteiger partial charge in [-0.25, -0.2) is 4.39 Å². The van der Waals surface area contributed by atoms with Gasteiger partial charge in [0.05, 0.1) is 12.3 Å². The molecule has 0 saturated carbocycles. The summed E-state index contributed by atoms with van der Waals surface area (Å²) in [5, 5.41) is 14.9. The van der Waals surface area contributed by atoms with Crippen molar-refractivity contribution in [2.24, 2.45) is 12.5 Å². The number of aryl methyl sites for hydroxylation is 1. The Bertz CT molecular complexity index is 956. The molecule has 1 atom stereocenters. The zero-order chi connectivity index (χ0) is 20.3. The van der Waals surface area contributed by atoms with E-state index in [0.717, 1.165) is 43.7 Å². The summed E-state index contributed by atoms with van der Waals surface area (Å²) in [5.74, 6) is -0.184. The van der Waals surface area contributed by atoms with Gasteiger partial charge in [0, 0.05) is 42.9 Å². The number of aromatic nitrogens is 2. The van der Waals surface area contributed by atoms with Gasteiger partial charge in [-0.2, -0.15) is 5.10 Å². The zero-order valence-electron chi connectivity index (χ0n) is 16.9. The molecule has 1 saturated heterocycles. The number of aliphatic hydroxyl groups is 1. The molecule has 5 heteroatoms. The van der Waals surface area contributed by atoms with Gasteiger partial charge in [-0.1, -0.05) is 48.5 Å². The van der Waals surface area contributed by atoms with Crippen LogP contribution in [-0.4, -0.2) is 39.5 Å². The van der Waals surface area contributed by atoms with Gasteiger partial charge in [0.25, 0.3) is 0 Å². The topological polar surface area (TPSA) is 41.3 Å². The van der Waals surface area contributed by atoms with Crippen molar-refractivity contribution >= 4 is 0 Å². The third-order valence-electron chi connectivity index (χ3n) is 5.94. The number of likely N-dealkylation sites (tertiary alicyclic amines) is 1. The van der Waals surface area contributed by atoms with Gasteiger partial charge < -0.3 is 5.11 Å². The summed E-state index contributed by atoms with van der Waals surface area (Å²) in [4.78, 5) is 2.38. The molecule has 29 heavy (non-hydrogen) atoms. The number of piperidine rings is 1. The van der Waals surface area contributed by atoms with Crippen molar-refractivity contribution in [1.29, 1.82) is 0 Å². The summed E-state index contributed by atoms with van der Waals surface area (Å²) in [5.41, 5.74) is 3.67. The van der Waals surface area contributed by atoms with Crippen LogP contribution in [0.3, 0.4) is 0 Å². The van der Waals surface area contributed by atoms with Crippen molar-refractivity contribution in [3.05, 3.63) is 77.7 Å². The highest BCUT2D eigenvalue weighted by molar-refractivity contribution is 5.62. The molecule has 0 bridgehead atoms. The van der Waals surface area contributed by atoms with Crippen molar-refractivity contribution in [1.82, 2.24) is 14.7 Å². The quantitative estimate of drug-likeness (QED) is 0.687. The molecule has 2 aromatic carbocycles. The summed E-state index contributed by atoms with van der Waals surface area (Å²) in [6, 6.07) is 17.1. The predicted octanol–water partition coefficient (Wildman–Crippen LogP) is 4.04. The summed E-state index contributed by atoms with van der Waals surface area (Å²) < 4.78 is 16.1. The van der Waals surface area contributed by atoms with E-state index in [4.69, 9.17) is 0 Å². The highest BCUT2D eigenvalue weighted by Gasteiger charge is 2.36. The van der Waals surface area contributed by atoms with E-state index in [1.165, 1.54) is 11.6 Å². The van der Waals surface area contributed by atoms with Crippen LogP contribution in [-0.2, 0) is 20.0 Å². The van der Waals surface area contributed by atoms with Gasteiger partial charge in [0.1, 0.15) is 5.82 Å². The average Bonchev–Trinajstić information content (AvgIpc) is 3.10. The molecule has 0 amide bonds. The molecule has 1 aliphatic heterocycles. The lowest BCUT2D eigenvalue weighted by Gasteiger charge is -2.42. The van der Waals surface area contributed by atoms with E-state index in [1.807, 2.05) is 42.1 Å². The van der Waals surface area contributed by atoms with Crippen molar-refractivity contribution in [2.45, 2.75) is 25.8 Å². The molecular formula is C24H28FN3O. The standard InChI is InChI=1S/C24H28FN3O/c1-27-15-21(23(26-27)19-8-3-2-4-9-19)16-28-13-7-12-24(17-28,18-29)14-20-10-5-6-11-22(20)25/h2-6,8-11,15,29H,7,12-14,16-18H2,1H3. The van der Waals surface area contributed by atoms with E-state index in [2.05, 4.69) is 28.3 Å². The van der Waals surface area contributed by atoms with E-state index in [0.29, 0.717) is 12.0 Å². The van der Waals surface area contributed by atoms with Crippen LogP contribution >= 0.6 is 0 Å². The van der Waals surface area contributed by atoms with E-state index in [1.54, 1.807) is 6.07 Å². The molecule has 2 heterocycles. The van der Waals surface area contributed by atoms with Crippen LogP contribution in [0.1, 0.15) is 24.0 Å². The molecule has 4 nitrogen and oxygen atoms in total. The van der Waals surface area contributed by atoms with Crippen LogP contribution in [0.4, 0.5) is 4.39 Å². The van der Waals surface area contributed by atoms with Gasteiger partial charge in [-0.3, -0.25) is 9.58 Å². The fourth-order valence-corrected chi connectivity index (χ4v) is 4.55. The predicted molar refractivity (Wildman–Crippen MR) is 113 cm³/mol. The SMILES string of the molecule is Cn1cc(CN2CCCC(CO)(Cc3ccccc3F)C2)c(-c2ccccc2)n1. The number of nitrogens with zero attached hydrogens (tertiary/aromatic N) is 3. The lowest BCUT2D eigenvalue weighted by Crippen LogP contribution is -2.46. The van der Waals surface area contributed by atoms with Crippen LogP contribution in [0.15, 0.2) is 60.8 Å². The Kier molecular flexibility index (Phi) is 5.79. The summed E-state index contributed by atoms with van der Waals surface area (Å²) in [7, 11) is 1.95. The van der Waals surface area contributed by atoms with Gasteiger partial charge in [0.15, 0.2) is 0 Å². The molecule has 3 aromatic rings. The first-order valence-electron chi connectivity index (χ1n) is 10.2. The van der Waals surface area contributed by atoms with Crippen molar-refractivity contribution < 1.29 is 9.50 Å². The zero-order valence-corrected chi connectivity index (χ0v) is 16.9. The van der Waals surface area contributed by atoms with Crippen LogP contribution < -0.4 is 0 Å². The van der Waals surface area contributed by atoms with Gasteiger partial charge in [-0.15, -0.1) is 0 Å². The van der Waals surface area contributed by atoms with Crippen LogP contribution in [0, 0.1) is 11.2 Å². The fraction of sp³-hybridized carbons (Fsp3) is 0.375. The largest absolute Gasteiger partial charge is 0.396 e. The number of rotatable bonds is 6. The maximum atomic E-state index is 14.2. The first-order valence-corrected chi connectivity index (χ1v) is 10.2. The minimum absolute atomic E-state index is 0.0659. The molecular weight excluding hydrogens is 365 g/mol. The number of benzene rings is 2. The maximum Gasteiger partial charge on any atom is 0.126 e. The van der Waals surface area contributed by atoms with Crippen molar-refractivity contribution in [2.75, 3.05) is 19.7 Å². The number of aliphatic hydroxyl groups excluding tert-OH is 1. The fourth-order valence-electron chi connectivity index (χ4n) is 4.55. The second-order valence-corrected chi connectivity index (χ2v) is 8.28. The Morgan fingerprint density at radius 1 is 1.07 bits per heavy atom. The van der Waals surface area contributed by atoms with Gasteiger partial charge >= 0.3 is 0 Å². The lowest BCUT2D eigenvalue weighted by molar-refractivity contribution is 0.0283. The average molecular weight is 394 g/mol. The molecule has 1 unspecified atom stereocenters. The number of hydrogen-bond acceptors (Lipinski definition) is 3. The normalized spacial score (nSPS) is 20.1. The van der Waals surface area contributed by atoms with Crippen LogP contribution in [0.2, 0.25) is 0 Å². The Morgan fingerprint density at radius 3 is 2.59 bits per heavy atom. The third-order valence-corrected chi connectivity index (χ3v) is 5.94. The summed E-state index contributed by atoms with van der Waals surface area (Å²) >= 11 is 0. The Hall–Kier alpha value is -2.50. The molecule has 1 N–H and O–H groups in total. The number of hydrogen-bond donors (Lipinski definition) is 1. The van der Waals surface area contributed by atoms with E-state index >= 15 is 0 Å². The molecule has 1 aromatic heterocycles. The Labute approximate surface area is 171 Å². The van der Waals surface area contributed by atoms with Crippen LogP contribution in [0.25, 0.3) is 11.3 Å². The second-order valence-electron chi connectivity index (χ2n) is 8.28. The monoisotopic (exact) mass is 393 g/mol. The van der Waals surface area contributed by atoms with E-state index < -0.39 is 0 Å². The molecule has 1 fully saturated rings. The van der Waals surface area contributed by atoms with Gasteiger partial charge in [-0.05, 0) is 37.4 Å². The minimum atomic E-state index is -0.310. The Balaban J connectivity index is 1.54. The second kappa shape index (κ2) is 8.47. The summed E-state index contributed by atoms with van der Waals surface area (Å²) in [6.07, 6.45) is 4.54. The molecule has 0 spiro atoms. The molecule has 152 valence electrons. The van der Waals surface area contributed by atoms with Crippen LogP contribution in [0.5, 0.6) is 0 Å². The highest BCUT2D eigenvalue weighted by atomic mass is 19.1. The molecule has 1 aliphatic rings. The third kappa shape index (κ3) is 4.41.